The second kappa shape index (κ2) is 8.35. The van der Waals surface area contributed by atoms with E-state index in [1.807, 2.05) is 6.07 Å². The third-order valence-electron chi connectivity index (χ3n) is 4.32. The second-order valence-electron chi connectivity index (χ2n) is 6.50. The van der Waals surface area contributed by atoms with Gasteiger partial charge in [-0.05, 0) is 17.2 Å². The van der Waals surface area contributed by atoms with Crippen LogP contribution in [0.25, 0.3) is 11.1 Å². The van der Waals surface area contributed by atoms with E-state index in [2.05, 4.69) is 5.32 Å². The van der Waals surface area contributed by atoms with Gasteiger partial charge in [0.05, 0.1) is 12.8 Å². The highest BCUT2D eigenvalue weighted by atomic mass is 16.4. The largest absolute Gasteiger partial charge is 0.508 e. The van der Waals surface area contributed by atoms with Crippen molar-refractivity contribution in [2.45, 2.75) is 12.8 Å². The molecular weight excluding hydrogens is 374 g/mol. The van der Waals surface area contributed by atoms with Crippen molar-refractivity contribution in [2.24, 2.45) is 0 Å². The Labute approximate surface area is 166 Å². The Balaban J connectivity index is 1.85. The van der Waals surface area contributed by atoms with Gasteiger partial charge in [0.15, 0.2) is 0 Å². The SMILES string of the molecule is O=C(O)Cc1cccc(-c2ccccc2NC(=O)Cc2c(O)cc(O)cc2O)c1. The van der Waals surface area contributed by atoms with E-state index in [-0.39, 0.29) is 35.7 Å². The van der Waals surface area contributed by atoms with Crippen LogP contribution in [0.4, 0.5) is 5.69 Å². The van der Waals surface area contributed by atoms with Gasteiger partial charge in [-0.2, -0.15) is 0 Å². The number of para-hydroxylation sites is 1. The number of carboxylic acids is 1. The van der Waals surface area contributed by atoms with E-state index in [0.29, 0.717) is 16.8 Å². The van der Waals surface area contributed by atoms with Gasteiger partial charge in [-0.3, -0.25) is 9.59 Å². The fraction of sp³-hybridized carbons (Fsp3) is 0.0909. The van der Waals surface area contributed by atoms with Crippen molar-refractivity contribution in [2.75, 3.05) is 5.32 Å². The van der Waals surface area contributed by atoms with Gasteiger partial charge < -0.3 is 25.7 Å². The summed E-state index contributed by atoms with van der Waals surface area (Å²) in [6.45, 7) is 0. The Morgan fingerprint density at radius 3 is 2.21 bits per heavy atom. The molecular formula is C22H19NO6. The number of phenols is 3. The molecule has 29 heavy (non-hydrogen) atoms. The van der Waals surface area contributed by atoms with Gasteiger partial charge in [0.1, 0.15) is 17.2 Å². The van der Waals surface area contributed by atoms with E-state index in [9.17, 15) is 24.9 Å². The third kappa shape index (κ3) is 4.84. The average molecular weight is 393 g/mol. The van der Waals surface area contributed by atoms with Crippen LogP contribution < -0.4 is 5.32 Å². The highest BCUT2D eigenvalue weighted by Gasteiger charge is 2.15. The molecule has 5 N–H and O–H groups in total. The molecule has 0 aliphatic carbocycles. The summed E-state index contributed by atoms with van der Waals surface area (Å²) in [6, 6.07) is 16.2. The summed E-state index contributed by atoms with van der Waals surface area (Å²) in [5.74, 6) is -2.48. The summed E-state index contributed by atoms with van der Waals surface area (Å²) in [7, 11) is 0. The zero-order valence-electron chi connectivity index (χ0n) is 15.3. The van der Waals surface area contributed by atoms with Gasteiger partial charge in [-0.15, -0.1) is 0 Å². The maximum Gasteiger partial charge on any atom is 0.307 e. The lowest BCUT2D eigenvalue weighted by Gasteiger charge is -2.13. The molecule has 3 aromatic carbocycles. The number of phenolic OH excluding ortho intramolecular Hbond substituents is 3. The molecule has 148 valence electrons. The zero-order valence-corrected chi connectivity index (χ0v) is 15.3. The minimum atomic E-state index is -0.933. The molecule has 0 radical (unpaired) electrons. The number of carboxylic acid groups (broad SMARTS) is 1. The number of hydrogen-bond acceptors (Lipinski definition) is 5. The number of anilines is 1. The number of benzene rings is 3. The van der Waals surface area contributed by atoms with Gasteiger partial charge >= 0.3 is 5.97 Å². The number of carbonyl (C=O) groups excluding carboxylic acids is 1. The van der Waals surface area contributed by atoms with Crippen LogP contribution in [-0.4, -0.2) is 32.3 Å². The number of amides is 1. The second-order valence-corrected chi connectivity index (χ2v) is 6.50. The molecule has 3 aromatic rings. The molecule has 0 bridgehead atoms. The summed E-state index contributed by atoms with van der Waals surface area (Å²) in [6.07, 6.45) is -0.410. The van der Waals surface area contributed by atoms with Gasteiger partial charge in [-0.1, -0.05) is 42.5 Å². The molecule has 0 fully saturated rings. The molecule has 0 saturated carbocycles. The topological polar surface area (TPSA) is 127 Å². The van der Waals surface area contributed by atoms with E-state index in [1.165, 1.54) is 0 Å². The first-order valence-electron chi connectivity index (χ1n) is 8.77. The predicted molar refractivity (Wildman–Crippen MR) is 107 cm³/mol. The van der Waals surface area contributed by atoms with Crippen molar-refractivity contribution in [3.8, 4) is 28.4 Å². The maximum absolute atomic E-state index is 12.5. The van der Waals surface area contributed by atoms with Crippen molar-refractivity contribution in [1.82, 2.24) is 0 Å². The van der Waals surface area contributed by atoms with E-state index in [1.54, 1.807) is 42.5 Å². The number of nitrogens with one attached hydrogen (secondary N) is 1. The van der Waals surface area contributed by atoms with E-state index >= 15 is 0 Å². The molecule has 0 unspecified atom stereocenters. The number of rotatable bonds is 6. The first-order chi connectivity index (χ1) is 13.8. The van der Waals surface area contributed by atoms with E-state index in [0.717, 1.165) is 17.7 Å². The van der Waals surface area contributed by atoms with Crippen LogP contribution >= 0.6 is 0 Å². The molecule has 0 saturated heterocycles. The maximum atomic E-state index is 12.5. The van der Waals surface area contributed by atoms with Crippen LogP contribution in [0.15, 0.2) is 60.7 Å². The fourth-order valence-electron chi connectivity index (χ4n) is 3.03. The van der Waals surface area contributed by atoms with E-state index < -0.39 is 11.9 Å². The minimum absolute atomic E-state index is 0.00115. The smallest absolute Gasteiger partial charge is 0.307 e. The Morgan fingerprint density at radius 1 is 0.828 bits per heavy atom. The van der Waals surface area contributed by atoms with Gasteiger partial charge in [-0.25, -0.2) is 0 Å². The minimum Gasteiger partial charge on any atom is -0.508 e. The van der Waals surface area contributed by atoms with Crippen LogP contribution in [0.2, 0.25) is 0 Å². The fourth-order valence-corrected chi connectivity index (χ4v) is 3.03. The van der Waals surface area contributed by atoms with Crippen molar-refractivity contribution in [3.05, 3.63) is 71.8 Å². The molecule has 0 aromatic heterocycles. The van der Waals surface area contributed by atoms with Gasteiger partial charge in [0, 0.05) is 28.9 Å². The summed E-state index contributed by atoms with van der Waals surface area (Å²) in [5.41, 5.74) is 2.58. The van der Waals surface area contributed by atoms with Crippen molar-refractivity contribution in [1.29, 1.82) is 0 Å². The lowest BCUT2D eigenvalue weighted by molar-refractivity contribution is -0.136. The zero-order chi connectivity index (χ0) is 21.0. The Kier molecular flexibility index (Phi) is 5.69. The number of aromatic hydroxyl groups is 3. The summed E-state index contributed by atoms with van der Waals surface area (Å²) in [4.78, 5) is 23.5. The van der Waals surface area contributed by atoms with Crippen LogP contribution in [0.5, 0.6) is 17.2 Å². The van der Waals surface area contributed by atoms with Crippen molar-refractivity contribution < 1.29 is 30.0 Å². The lowest BCUT2D eigenvalue weighted by Crippen LogP contribution is -2.15. The summed E-state index contributed by atoms with van der Waals surface area (Å²) in [5, 5.41) is 40.9. The molecule has 7 heteroatoms. The van der Waals surface area contributed by atoms with Crippen LogP contribution in [0, 0.1) is 0 Å². The summed E-state index contributed by atoms with van der Waals surface area (Å²) < 4.78 is 0. The molecule has 0 atom stereocenters. The van der Waals surface area contributed by atoms with Gasteiger partial charge in [0.2, 0.25) is 5.91 Å². The number of aliphatic carboxylic acids is 1. The summed E-state index contributed by atoms with van der Waals surface area (Å²) >= 11 is 0. The molecule has 0 aliphatic heterocycles. The van der Waals surface area contributed by atoms with Crippen molar-refractivity contribution in [3.63, 3.8) is 0 Å². The van der Waals surface area contributed by atoms with Crippen molar-refractivity contribution >= 4 is 17.6 Å². The third-order valence-corrected chi connectivity index (χ3v) is 4.32. The van der Waals surface area contributed by atoms with Crippen LogP contribution in [0.1, 0.15) is 11.1 Å². The molecule has 7 nitrogen and oxygen atoms in total. The standard InChI is InChI=1S/C22H19NO6/c24-15-10-19(25)17(20(26)11-15)12-21(27)23-18-7-2-1-6-16(18)14-5-3-4-13(8-14)9-22(28)29/h1-8,10-11,24-26H,9,12H2,(H,23,27)(H,28,29). The lowest BCUT2D eigenvalue weighted by atomic mass is 10.00. The Bertz CT molecular complexity index is 1050. The molecule has 3 rings (SSSR count). The Morgan fingerprint density at radius 2 is 1.52 bits per heavy atom. The van der Waals surface area contributed by atoms with Crippen LogP contribution in [-0.2, 0) is 22.4 Å². The number of carbonyl (C=O) groups is 2. The predicted octanol–water partition coefficient (Wildman–Crippen LogP) is 3.28. The Hall–Kier alpha value is -4.00. The molecule has 0 heterocycles. The first-order valence-corrected chi connectivity index (χ1v) is 8.77. The monoisotopic (exact) mass is 393 g/mol. The molecule has 0 spiro atoms. The first kappa shape index (κ1) is 19.8. The van der Waals surface area contributed by atoms with Gasteiger partial charge in [0.25, 0.3) is 0 Å². The normalized spacial score (nSPS) is 10.5. The molecule has 1 amide bonds. The average Bonchev–Trinajstić information content (AvgIpc) is 2.65. The highest BCUT2D eigenvalue weighted by Crippen LogP contribution is 2.33. The molecule has 0 aliphatic rings. The highest BCUT2D eigenvalue weighted by molar-refractivity contribution is 5.97. The van der Waals surface area contributed by atoms with Crippen LogP contribution in [0.3, 0.4) is 0 Å². The van der Waals surface area contributed by atoms with E-state index in [4.69, 9.17) is 5.11 Å². The quantitative estimate of drug-likeness (QED) is 0.437. The number of hydrogen-bond donors (Lipinski definition) is 5.